The van der Waals surface area contributed by atoms with Crippen LogP contribution in [-0.2, 0) is 18.3 Å². The van der Waals surface area contributed by atoms with Gasteiger partial charge in [-0.3, -0.25) is 4.79 Å². The maximum Gasteiger partial charge on any atom is 0.222 e. The van der Waals surface area contributed by atoms with E-state index in [0.29, 0.717) is 18.8 Å². The fourth-order valence-corrected chi connectivity index (χ4v) is 3.69. The van der Waals surface area contributed by atoms with Gasteiger partial charge in [-0.1, -0.05) is 6.07 Å². The molecule has 6 nitrogen and oxygen atoms in total. The molecule has 1 atom stereocenters. The number of amides is 1. The predicted molar refractivity (Wildman–Crippen MR) is 95.3 cm³/mol. The fourth-order valence-electron chi connectivity index (χ4n) is 3.69. The zero-order valence-electron chi connectivity index (χ0n) is 14.5. The summed E-state index contributed by atoms with van der Waals surface area (Å²) in [7, 11) is 2.02. The van der Waals surface area contributed by atoms with Crippen LogP contribution in [0.4, 0.5) is 0 Å². The number of likely N-dealkylation sites (tertiary alicyclic amines) is 1. The number of fused-ring (bicyclic) bond motifs is 1. The number of pyridine rings is 1. The van der Waals surface area contributed by atoms with Gasteiger partial charge in [0.25, 0.3) is 0 Å². The molecule has 25 heavy (non-hydrogen) atoms. The number of rotatable bonds is 4. The van der Waals surface area contributed by atoms with Crippen LogP contribution < -0.4 is 0 Å². The highest BCUT2D eigenvalue weighted by Gasteiger charge is 2.26. The number of hydrogen-bond donors (Lipinski definition) is 0. The number of carbonyl (C=O) groups excluding carboxylic acids is 1. The second kappa shape index (κ2) is 6.70. The van der Waals surface area contributed by atoms with Crippen LogP contribution in [0.3, 0.4) is 0 Å². The monoisotopic (exact) mass is 337 g/mol. The number of aromatic nitrogens is 4. The van der Waals surface area contributed by atoms with Crippen LogP contribution >= 0.6 is 0 Å². The minimum absolute atomic E-state index is 0.218. The second-order valence-corrected chi connectivity index (χ2v) is 6.77. The molecular weight excluding hydrogens is 314 g/mol. The number of carbonyl (C=O) groups is 1. The highest BCUT2D eigenvalue weighted by Crippen LogP contribution is 2.25. The maximum absolute atomic E-state index is 12.7. The van der Waals surface area contributed by atoms with Gasteiger partial charge in [0.2, 0.25) is 5.91 Å². The Morgan fingerprint density at radius 1 is 1.32 bits per heavy atom. The molecular formula is C19H23N5O. The van der Waals surface area contributed by atoms with E-state index in [-0.39, 0.29) is 5.91 Å². The van der Waals surface area contributed by atoms with Crippen LogP contribution in [0.25, 0.3) is 5.65 Å². The molecule has 0 radical (unpaired) electrons. The maximum atomic E-state index is 12.7. The van der Waals surface area contributed by atoms with Crippen LogP contribution in [0.15, 0.2) is 43.0 Å². The molecule has 3 aromatic rings. The van der Waals surface area contributed by atoms with Crippen LogP contribution in [0.1, 0.15) is 36.7 Å². The Kier molecular flexibility index (Phi) is 4.26. The van der Waals surface area contributed by atoms with Crippen molar-refractivity contribution in [3.63, 3.8) is 0 Å². The second-order valence-electron chi connectivity index (χ2n) is 6.77. The van der Waals surface area contributed by atoms with Crippen molar-refractivity contribution in [1.82, 2.24) is 23.8 Å². The first-order valence-corrected chi connectivity index (χ1v) is 8.88. The van der Waals surface area contributed by atoms with Crippen molar-refractivity contribution in [2.45, 2.75) is 31.6 Å². The molecule has 1 amide bonds. The van der Waals surface area contributed by atoms with Gasteiger partial charge in [0.1, 0.15) is 11.5 Å². The van der Waals surface area contributed by atoms with E-state index < -0.39 is 0 Å². The molecule has 0 bridgehead atoms. The van der Waals surface area contributed by atoms with Crippen molar-refractivity contribution in [1.29, 1.82) is 0 Å². The largest absolute Gasteiger partial charge is 0.342 e. The molecule has 6 heteroatoms. The van der Waals surface area contributed by atoms with Crippen molar-refractivity contribution in [3.8, 4) is 0 Å². The van der Waals surface area contributed by atoms with Crippen LogP contribution in [0, 0.1) is 0 Å². The average Bonchev–Trinajstić information content (AvgIpc) is 3.25. The first-order valence-electron chi connectivity index (χ1n) is 8.88. The van der Waals surface area contributed by atoms with Crippen molar-refractivity contribution < 1.29 is 4.79 Å². The summed E-state index contributed by atoms with van der Waals surface area (Å²) in [5.74, 6) is 1.64. The average molecular weight is 337 g/mol. The number of aryl methyl sites for hydroxylation is 2. The molecule has 0 spiro atoms. The molecule has 1 fully saturated rings. The Morgan fingerprint density at radius 3 is 3.04 bits per heavy atom. The minimum atomic E-state index is 0.218. The Morgan fingerprint density at radius 2 is 2.24 bits per heavy atom. The summed E-state index contributed by atoms with van der Waals surface area (Å²) in [4.78, 5) is 23.7. The smallest absolute Gasteiger partial charge is 0.222 e. The summed E-state index contributed by atoms with van der Waals surface area (Å²) >= 11 is 0. The lowest BCUT2D eigenvalue weighted by Crippen LogP contribution is -2.39. The number of nitrogens with zero attached hydrogens (tertiary/aromatic N) is 5. The first-order chi connectivity index (χ1) is 12.2. The molecule has 1 saturated heterocycles. The Hall–Kier alpha value is -2.63. The normalized spacial score (nSPS) is 18.0. The van der Waals surface area contributed by atoms with Gasteiger partial charge in [0.15, 0.2) is 0 Å². The molecule has 1 aliphatic rings. The van der Waals surface area contributed by atoms with Crippen LogP contribution in [0.5, 0.6) is 0 Å². The fraction of sp³-hybridized carbons (Fsp3) is 0.421. The highest BCUT2D eigenvalue weighted by molar-refractivity contribution is 5.76. The van der Waals surface area contributed by atoms with E-state index in [1.54, 1.807) is 0 Å². The van der Waals surface area contributed by atoms with Gasteiger partial charge < -0.3 is 13.9 Å². The van der Waals surface area contributed by atoms with E-state index >= 15 is 0 Å². The Bertz CT molecular complexity index is 848. The lowest BCUT2D eigenvalue weighted by atomic mass is 9.96. The molecule has 3 aromatic heterocycles. The summed E-state index contributed by atoms with van der Waals surface area (Å²) in [5.41, 5.74) is 1.90. The lowest BCUT2D eigenvalue weighted by molar-refractivity contribution is -0.132. The summed E-state index contributed by atoms with van der Waals surface area (Å²) in [5, 5.41) is 0. The minimum Gasteiger partial charge on any atom is -0.342 e. The number of imidazole rings is 2. The molecule has 0 aliphatic carbocycles. The van der Waals surface area contributed by atoms with Crippen molar-refractivity contribution >= 4 is 11.6 Å². The molecule has 130 valence electrons. The summed E-state index contributed by atoms with van der Waals surface area (Å²) in [6.07, 6.45) is 11.1. The molecule has 0 unspecified atom stereocenters. The van der Waals surface area contributed by atoms with Gasteiger partial charge in [0, 0.05) is 57.3 Å². The Labute approximate surface area is 147 Å². The van der Waals surface area contributed by atoms with Gasteiger partial charge in [-0.2, -0.15) is 0 Å². The first kappa shape index (κ1) is 15.9. The van der Waals surface area contributed by atoms with E-state index in [0.717, 1.165) is 43.1 Å². The van der Waals surface area contributed by atoms with E-state index in [1.807, 2.05) is 59.3 Å². The van der Waals surface area contributed by atoms with Gasteiger partial charge >= 0.3 is 0 Å². The van der Waals surface area contributed by atoms with Crippen molar-refractivity contribution in [2.75, 3.05) is 13.1 Å². The van der Waals surface area contributed by atoms with Crippen LogP contribution in [0.2, 0.25) is 0 Å². The van der Waals surface area contributed by atoms with E-state index in [2.05, 4.69) is 14.5 Å². The predicted octanol–water partition coefficient (Wildman–Crippen LogP) is 2.41. The highest BCUT2D eigenvalue weighted by atomic mass is 16.2. The third-order valence-corrected chi connectivity index (χ3v) is 5.01. The van der Waals surface area contributed by atoms with Gasteiger partial charge in [-0.05, 0) is 31.4 Å². The lowest BCUT2D eigenvalue weighted by Gasteiger charge is -2.32. The SMILES string of the molecule is Cn1ccnc1[C@H]1CCCN(C(=O)CCc2cn3ccccc3n2)C1. The number of hydrogen-bond acceptors (Lipinski definition) is 3. The molecule has 0 N–H and O–H groups in total. The van der Waals surface area contributed by atoms with Gasteiger partial charge in [-0.15, -0.1) is 0 Å². The van der Waals surface area contributed by atoms with E-state index in [1.165, 1.54) is 0 Å². The van der Waals surface area contributed by atoms with Gasteiger partial charge in [-0.25, -0.2) is 9.97 Å². The molecule has 4 rings (SSSR count). The van der Waals surface area contributed by atoms with E-state index in [9.17, 15) is 4.79 Å². The van der Waals surface area contributed by atoms with E-state index in [4.69, 9.17) is 0 Å². The topological polar surface area (TPSA) is 55.4 Å². The third kappa shape index (κ3) is 3.29. The summed E-state index contributed by atoms with van der Waals surface area (Å²) in [6, 6.07) is 5.94. The zero-order chi connectivity index (χ0) is 17.2. The molecule has 4 heterocycles. The standard InChI is InChI=1S/C19H23N5O/c1-22-12-9-20-19(22)15-5-4-11-24(13-15)18(25)8-7-16-14-23-10-3-2-6-17(23)21-16/h2-3,6,9-10,12,14-15H,4-5,7-8,11,13H2,1H3/t15-/m0/s1. The quantitative estimate of drug-likeness (QED) is 0.735. The molecule has 1 aliphatic heterocycles. The number of piperidine rings is 1. The van der Waals surface area contributed by atoms with Gasteiger partial charge in [0.05, 0.1) is 5.69 Å². The zero-order valence-corrected chi connectivity index (χ0v) is 14.5. The molecule has 0 saturated carbocycles. The summed E-state index contributed by atoms with van der Waals surface area (Å²) < 4.78 is 4.06. The summed E-state index contributed by atoms with van der Waals surface area (Å²) in [6.45, 7) is 1.62. The molecule has 0 aromatic carbocycles. The van der Waals surface area contributed by atoms with Crippen molar-refractivity contribution in [2.24, 2.45) is 7.05 Å². The Balaban J connectivity index is 1.38. The van der Waals surface area contributed by atoms with Crippen LogP contribution in [-0.4, -0.2) is 42.8 Å². The van der Waals surface area contributed by atoms with Crippen molar-refractivity contribution in [3.05, 3.63) is 54.5 Å². The third-order valence-electron chi connectivity index (χ3n) is 5.01.